The van der Waals surface area contributed by atoms with Crippen molar-refractivity contribution in [1.82, 2.24) is 19.5 Å². The predicted molar refractivity (Wildman–Crippen MR) is 191 cm³/mol. The van der Waals surface area contributed by atoms with Gasteiger partial charge in [-0.1, -0.05) is 66.7 Å². The number of imidazole rings is 1. The van der Waals surface area contributed by atoms with Gasteiger partial charge in [0.2, 0.25) is 11.9 Å². The van der Waals surface area contributed by atoms with Crippen molar-refractivity contribution in [3.8, 4) is 11.5 Å². The average molecular weight is 722 g/mol. The molecule has 6 aromatic rings. The van der Waals surface area contributed by atoms with Crippen LogP contribution in [-0.2, 0) is 26.3 Å². The Labute approximate surface area is 302 Å². The number of aromatic nitrogens is 4. The van der Waals surface area contributed by atoms with E-state index in [4.69, 9.17) is 18.9 Å². The summed E-state index contributed by atoms with van der Waals surface area (Å²) in [6, 6.07) is 30.0. The van der Waals surface area contributed by atoms with E-state index < -0.39 is 47.4 Å². The summed E-state index contributed by atoms with van der Waals surface area (Å²) >= 11 is 0. The first kappa shape index (κ1) is 35.5. The topological polar surface area (TPSA) is 170 Å². The largest absolute Gasteiger partial charge is 0.497 e. The van der Waals surface area contributed by atoms with Crippen molar-refractivity contribution < 1.29 is 38.3 Å². The van der Waals surface area contributed by atoms with Gasteiger partial charge in [0.05, 0.1) is 33.6 Å². The van der Waals surface area contributed by atoms with Gasteiger partial charge in [0.15, 0.2) is 17.4 Å². The SMILES string of the molecule is COc1ccc(C(OC[C@H]2O[C@@H](n3cnc4c(=O)[nH]c(NC(=O)Cc5ccc(F)cc5)nc43)[C@H](O)[C@@H]2O)(c2ccccc2)c2ccc(OC)cc2)cc1. The zero-order valence-electron chi connectivity index (χ0n) is 28.7. The molecular formula is C39H36FN5O8. The van der Waals surface area contributed by atoms with Crippen LogP contribution in [0.2, 0.25) is 0 Å². The number of carbonyl (C=O) groups excluding carboxylic acids is 1. The van der Waals surface area contributed by atoms with Gasteiger partial charge in [-0.15, -0.1) is 0 Å². The van der Waals surface area contributed by atoms with Gasteiger partial charge in [0, 0.05) is 0 Å². The van der Waals surface area contributed by atoms with Gasteiger partial charge in [0.25, 0.3) is 5.56 Å². The maximum absolute atomic E-state index is 13.3. The summed E-state index contributed by atoms with van der Waals surface area (Å²) in [5.41, 5.74) is 0.923. The van der Waals surface area contributed by atoms with Gasteiger partial charge in [-0.05, 0) is 58.7 Å². The third kappa shape index (κ3) is 7.00. The quantitative estimate of drug-likeness (QED) is 0.135. The van der Waals surface area contributed by atoms with E-state index in [2.05, 4.69) is 20.3 Å². The van der Waals surface area contributed by atoms with E-state index in [9.17, 15) is 24.2 Å². The van der Waals surface area contributed by atoms with Crippen LogP contribution in [0.5, 0.6) is 11.5 Å². The van der Waals surface area contributed by atoms with Crippen molar-refractivity contribution in [1.29, 1.82) is 0 Å². The molecule has 3 heterocycles. The van der Waals surface area contributed by atoms with Crippen LogP contribution in [0.25, 0.3) is 11.2 Å². The van der Waals surface area contributed by atoms with Crippen LogP contribution in [0.3, 0.4) is 0 Å². The van der Waals surface area contributed by atoms with Gasteiger partial charge in [-0.2, -0.15) is 4.98 Å². The molecule has 14 heteroatoms. The molecule has 2 aromatic heterocycles. The number of benzene rings is 4. The summed E-state index contributed by atoms with van der Waals surface area (Å²) in [7, 11) is 3.17. The Balaban J connectivity index is 1.18. The van der Waals surface area contributed by atoms with E-state index >= 15 is 0 Å². The second kappa shape index (κ2) is 15.0. The van der Waals surface area contributed by atoms with Crippen LogP contribution < -0.4 is 20.3 Å². The van der Waals surface area contributed by atoms with Crippen LogP contribution in [0.4, 0.5) is 10.3 Å². The number of nitrogens with zero attached hydrogens (tertiary/aromatic N) is 3. The molecule has 0 spiro atoms. The lowest BCUT2D eigenvalue weighted by atomic mass is 9.80. The number of hydrogen-bond donors (Lipinski definition) is 4. The Morgan fingerprint density at radius 1 is 0.887 bits per heavy atom. The predicted octanol–water partition coefficient (Wildman–Crippen LogP) is 4.09. The minimum Gasteiger partial charge on any atom is -0.497 e. The summed E-state index contributed by atoms with van der Waals surface area (Å²) in [5.74, 6) is 0.198. The number of hydrogen-bond acceptors (Lipinski definition) is 10. The molecule has 4 atom stereocenters. The molecule has 1 aliphatic heterocycles. The number of rotatable bonds is 12. The molecule has 0 bridgehead atoms. The zero-order valence-corrected chi connectivity index (χ0v) is 28.7. The average Bonchev–Trinajstić information content (AvgIpc) is 3.73. The molecule has 1 aliphatic rings. The number of fused-ring (bicyclic) bond motifs is 1. The van der Waals surface area contributed by atoms with Crippen molar-refractivity contribution in [2.45, 2.75) is 36.6 Å². The van der Waals surface area contributed by atoms with E-state index in [0.717, 1.165) is 16.7 Å². The molecule has 0 saturated carbocycles. The van der Waals surface area contributed by atoms with Crippen LogP contribution in [0.1, 0.15) is 28.5 Å². The zero-order chi connectivity index (χ0) is 37.1. The molecule has 4 N–H and O–H groups in total. The number of halogens is 1. The summed E-state index contributed by atoms with van der Waals surface area (Å²) in [4.78, 5) is 36.7. The number of carbonyl (C=O) groups is 1. The third-order valence-electron chi connectivity index (χ3n) is 9.22. The van der Waals surface area contributed by atoms with Crippen molar-refractivity contribution in [3.05, 3.63) is 148 Å². The number of aliphatic hydroxyl groups is 2. The van der Waals surface area contributed by atoms with Crippen molar-refractivity contribution in [2.75, 3.05) is 26.1 Å². The molecule has 1 amide bonds. The molecule has 0 aliphatic carbocycles. The highest BCUT2D eigenvalue weighted by atomic mass is 19.1. The Morgan fingerprint density at radius 3 is 2.09 bits per heavy atom. The van der Waals surface area contributed by atoms with E-state index in [-0.39, 0.29) is 30.1 Å². The molecule has 1 fully saturated rings. The van der Waals surface area contributed by atoms with Gasteiger partial charge in [-0.25, -0.2) is 9.37 Å². The fourth-order valence-corrected chi connectivity index (χ4v) is 6.51. The standard InChI is InChI=1S/C39H36FN5O8/c1-50-28-16-10-25(11-17-28)39(24-6-4-3-5-7-24,26-12-18-29(51-2)19-13-26)52-21-30-33(47)34(48)37(53-30)45-22-41-32-35(45)43-38(44-36(32)49)42-31(46)20-23-8-14-27(40)15-9-23/h3-19,22,30,33-34,37,47-48H,20-21H2,1-2H3,(H2,42,43,44,46,49)/t30-,33-,34-,37-/m1/s1. The lowest BCUT2D eigenvalue weighted by Gasteiger charge is -2.37. The van der Waals surface area contributed by atoms with E-state index in [0.29, 0.717) is 17.1 Å². The van der Waals surface area contributed by atoms with Crippen molar-refractivity contribution >= 4 is 23.0 Å². The fourth-order valence-electron chi connectivity index (χ4n) is 6.51. The molecule has 1 saturated heterocycles. The minimum absolute atomic E-state index is 0.00116. The number of nitrogens with one attached hydrogen (secondary N) is 2. The monoisotopic (exact) mass is 721 g/mol. The highest BCUT2D eigenvalue weighted by Gasteiger charge is 2.47. The fraction of sp³-hybridized carbons (Fsp3) is 0.231. The smallest absolute Gasteiger partial charge is 0.280 e. The first-order valence-corrected chi connectivity index (χ1v) is 16.7. The van der Waals surface area contributed by atoms with E-state index in [1.807, 2.05) is 78.9 Å². The van der Waals surface area contributed by atoms with Gasteiger partial charge < -0.3 is 29.2 Å². The van der Waals surface area contributed by atoms with Crippen LogP contribution in [0.15, 0.2) is 114 Å². The molecule has 0 unspecified atom stereocenters. The van der Waals surface area contributed by atoms with Crippen molar-refractivity contribution in [3.63, 3.8) is 0 Å². The number of aromatic amines is 1. The van der Waals surface area contributed by atoms with Crippen molar-refractivity contribution in [2.24, 2.45) is 0 Å². The summed E-state index contributed by atoms with van der Waals surface area (Å²) in [5, 5.41) is 25.2. The molecular weight excluding hydrogens is 685 g/mol. The molecule has 0 radical (unpaired) electrons. The van der Waals surface area contributed by atoms with Crippen LogP contribution in [-0.4, -0.2) is 74.8 Å². The van der Waals surface area contributed by atoms with Crippen LogP contribution in [0, 0.1) is 5.82 Å². The Hall–Kier alpha value is -5.93. The number of methoxy groups -OCH3 is 2. The Kier molecular flexibility index (Phi) is 10.0. The van der Waals surface area contributed by atoms with E-state index in [1.165, 1.54) is 35.2 Å². The van der Waals surface area contributed by atoms with Gasteiger partial charge in [0.1, 0.15) is 41.2 Å². The maximum Gasteiger partial charge on any atom is 0.280 e. The molecule has 4 aromatic carbocycles. The lowest BCUT2D eigenvalue weighted by molar-refractivity contribution is -0.115. The lowest BCUT2D eigenvalue weighted by Crippen LogP contribution is -2.39. The number of H-pyrrole nitrogens is 1. The highest BCUT2D eigenvalue weighted by Crippen LogP contribution is 2.43. The number of ether oxygens (including phenoxy) is 4. The number of amides is 1. The second-order valence-corrected chi connectivity index (χ2v) is 12.5. The third-order valence-corrected chi connectivity index (χ3v) is 9.22. The normalized spacial score (nSPS) is 18.6. The van der Waals surface area contributed by atoms with Gasteiger partial charge in [-0.3, -0.25) is 24.5 Å². The van der Waals surface area contributed by atoms with Gasteiger partial charge >= 0.3 is 0 Å². The maximum atomic E-state index is 13.3. The highest BCUT2D eigenvalue weighted by molar-refractivity contribution is 5.91. The molecule has 13 nitrogen and oxygen atoms in total. The first-order valence-electron chi connectivity index (χ1n) is 16.7. The molecule has 53 heavy (non-hydrogen) atoms. The number of anilines is 1. The molecule has 272 valence electrons. The summed E-state index contributed by atoms with van der Waals surface area (Å²) in [6.45, 7) is -0.187. The second-order valence-electron chi connectivity index (χ2n) is 12.5. The first-order chi connectivity index (χ1) is 25.7. The summed E-state index contributed by atoms with van der Waals surface area (Å²) in [6.07, 6.45) is -4.01. The van der Waals surface area contributed by atoms with Crippen LogP contribution >= 0.6 is 0 Å². The molecule has 7 rings (SSSR count). The Morgan fingerprint density at radius 2 is 1.49 bits per heavy atom. The minimum atomic E-state index is -1.48. The van der Waals surface area contributed by atoms with E-state index in [1.54, 1.807) is 14.2 Å². The number of aliphatic hydroxyl groups excluding tert-OH is 2. The summed E-state index contributed by atoms with van der Waals surface area (Å²) < 4.78 is 38.6. The Bertz CT molecular complexity index is 2200.